The first-order valence-electron chi connectivity index (χ1n) is 22.9. The number of amides is 1. The molecule has 0 aliphatic rings. The van der Waals surface area contributed by atoms with Crippen molar-refractivity contribution >= 4 is 122 Å². The number of unbranched alkanes of at least 4 members (excludes halogenated alkanes) is 8. The molecule has 1 unspecified atom stereocenters. The van der Waals surface area contributed by atoms with E-state index in [0.29, 0.717) is 24.6 Å². The number of nitrogens with one attached hydrogen (secondary N) is 2. The van der Waals surface area contributed by atoms with Gasteiger partial charge in [0.25, 0.3) is 0 Å². The number of halogens is 1. The zero-order chi connectivity index (χ0) is 51.1. The molecule has 8 aromatic rings. The Labute approximate surface area is 453 Å². The predicted octanol–water partition coefficient (Wildman–Crippen LogP) is 10.6. The van der Waals surface area contributed by atoms with E-state index in [0.717, 1.165) is 115 Å². The van der Waals surface area contributed by atoms with Crippen molar-refractivity contribution in [2.45, 2.75) is 84.0 Å². The summed E-state index contributed by atoms with van der Waals surface area (Å²) in [6.45, 7) is 4.00. The van der Waals surface area contributed by atoms with Gasteiger partial charge in [-0.1, -0.05) is 62.8 Å². The van der Waals surface area contributed by atoms with Crippen LogP contribution in [0.3, 0.4) is 0 Å². The van der Waals surface area contributed by atoms with Crippen LogP contribution >= 0.6 is 72.0 Å². The van der Waals surface area contributed by atoms with Crippen molar-refractivity contribution < 1.29 is 19.5 Å². The van der Waals surface area contributed by atoms with Crippen LogP contribution in [0.1, 0.15) is 84.0 Å². The summed E-state index contributed by atoms with van der Waals surface area (Å²) in [7, 11) is 0. The van der Waals surface area contributed by atoms with Gasteiger partial charge in [0.2, 0.25) is 21.3 Å². The van der Waals surface area contributed by atoms with Gasteiger partial charge in [0.05, 0.1) is 6.61 Å². The van der Waals surface area contributed by atoms with E-state index in [4.69, 9.17) is 15.7 Å². The highest BCUT2D eigenvalue weighted by molar-refractivity contribution is 9.10. The van der Waals surface area contributed by atoms with Crippen molar-refractivity contribution in [1.82, 2.24) is 62.8 Å². The number of aromatic nitrogens is 12. The summed E-state index contributed by atoms with van der Waals surface area (Å²) < 4.78 is 21.4. The van der Waals surface area contributed by atoms with Crippen LogP contribution in [0.4, 0.5) is 38.0 Å². The van der Waals surface area contributed by atoms with Crippen LogP contribution in [-0.2, 0) is 14.3 Å². The lowest BCUT2D eigenvalue weighted by Crippen LogP contribution is -2.19. The second kappa shape index (κ2) is 39.4. The molecular formula is C46H61BrN17O4PS4. The minimum Gasteiger partial charge on any atom is -0.466 e. The third kappa shape index (κ3) is 27.5. The third-order valence-electron chi connectivity index (χ3n) is 9.26. The summed E-state index contributed by atoms with van der Waals surface area (Å²) in [5.41, 5.74) is 6.77. The predicted molar refractivity (Wildman–Crippen MR) is 299 cm³/mol. The molecule has 27 heteroatoms. The fourth-order valence-electron chi connectivity index (χ4n) is 5.96. The maximum absolute atomic E-state index is 11.3. The van der Waals surface area contributed by atoms with Gasteiger partial charge in [0.1, 0.15) is 47.4 Å². The molecule has 0 aliphatic heterocycles. The Morgan fingerprint density at radius 1 is 0.589 bits per heavy atom. The number of anilines is 7. The van der Waals surface area contributed by atoms with Crippen molar-refractivity contribution in [2.75, 3.05) is 40.5 Å². The van der Waals surface area contributed by atoms with Crippen LogP contribution in [0.15, 0.2) is 127 Å². The van der Waals surface area contributed by atoms with Crippen molar-refractivity contribution in [3.05, 3.63) is 127 Å². The van der Waals surface area contributed by atoms with Crippen molar-refractivity contribution in [3.63, 3.8) is 0 Å². The molecule has 21 nitrogen and oxygen atoms in total. The molecule has 0 aromatic carbocycles. The van der Waals surface area contributed by atoms with Crippen LogP contribution in [0.25, 0.3) is 0 Å². The van der Waals surface area contributed by atoms with Crippen LogP contribution < -0.4 is 26.3 Å². The number of carbonyl (C=O) groups is 2. The smallest absolute Gasteiger partial charge is 0.305 e. The van der Waals surface area contributed by atoms with Crippen molar-refractivity contribution in [2.24, 2.45) is 0 Å². The van der Waals surface area contributed by atoms with Gasteiger partial charge in [-0.05, 0) is 97.1 Å². The zero-order valence-corrected chi connectivity index (χ0v) is 46.6. The Balaban J connectivity index is 0.000000262. The lowest BCUT2D eigenvalue weighted by atomic mass is 10.1. The number of hydrogen-bond acceptors (Lipinski definition) is 24. The number of carbonyl (C=O) groups excluding carboxylic acids is 2. The second-order valence-corrected chi connectivity index (χ2v) is 18.4. The van der Waals surface area contributed by atoms with Gasteiger partial charge in [-0.15, -0.1) is 0 Å². The highest BCUT2D eigenvalue weighted by Crippen LogP contribution is 2.26. The summed E-state index contributed by atoms with van der Waals surface area (Å²) in [5, 5.41) is 14.4. The largest absolute Gasteiger partial charge is 0.466 e. The van der Waals surface area contributed by atoms with E-state index in [1.165, 1.54) is 58.8 Å². The molecule has 0 spiro atoms. The maximum atomic E-state index is 11.3. The normalized spacial score (nSPS) is 9.90. The summed E-state index contributed by atoms with van der Waals surface area (Å²) >= 11 is 8.44. The lowest BCUT2D eigenvalue weighted by Gasteiger charge is -2.20. The van der Waals surface area contributed by atoms with Gasteiger partial charge in [-0.2, -0.15) is 27.4 Å². The van der Waals surface area contributed by atoms with E-state index in [9.17, 15) is 9.59 Å². The zero-order valence-electron chi connectivity index (χ0n) is 40.4. The Bertz CT molecular complexity index is 2500. The Morgan fingerprint density at radius 3 is 1.48 bits per heavy atom. The standard InChI is InChI=1S/C17H24N4O2S.C15H21N5O2S.C7H6N4S.C5H4BrN.C2H3N3S.H3P/c1-2-23-16(22)11-6-4-3-5-9-13-21(17-19-14-20-24-17)15-10-7-8-12-18-15;21-14(19-22)9-4-2-1-3-7-11-20(15-17-12-18-23-15)13-8-5-6-10-16-13;1-2-4-8-6(3-1)11-7-9-5-10-12-7;6-5-3-1-2-4-7-5;3-2-4-1-5-6-2;/h7-8,10,12,14H,2-6,9,11,13H2,1H3;5-6,8,10,12,22H,1-4,7,9,11H2,(H,19,21);1-5H,(H,8,9,10,11);1-4H;1H,(H2,3,4,5);1H3. The summed E-state index contributed by atoms with van der Waals surface area (Å²) in [5.74, 6) is 2.16. The van der Waals surface area contributed by atoms with Crippen LogP contribution in [-0.4, -0.2) is 94.1 Å². The molecule has 0 saturated carbocycles. The summed E-state index contributed by atoms with van der Waals surface area (Å²) in [4.78, 5) is 59.3. The highest BCUT2D eigenvalue weighted by atomic mass is 79.9. The molecule has 1 atom stereocenters. The van der Waals surface area contributed by atoms with Gasteiger partial charge in [0.15, 0.2) is 5.13 Å². The Hall–Kier alpha value is -6.15. The van der Waals surface area contributed by atoms with Gasteiger partial charge in [-0.3, -0.25) is 14.8 Å². The van der Waals surface area contributed by atoms with Crippen molar-refractivity contribution in [3.8, 4) is 0 Å². The molecule has 8 heterocycles. The highest BCUT2D eigenvalue weighted by Gasteiger charge is 2.14. The first kappa shape index (κ1) is 61.2. The topological polar surface area (TPSA) is 275 Å². The minimum absolute atomic E-state index is 0. The molecule has 0 radical (unpaired) electrons. The van der Waals surface area contributed by atoms with E-state index >= 15 is 0 Å². The number of pyridine rings is 4. The van der Waals surface area contributed by atoms with Crippen LogP contribution in [0.2, 0.25) is 0 Å². The summed E-state index contributed by atoms with van der Waals surface area (Å²) in [6.07, 6.45) is 24.2. The number of rotatable bonds is 23. The third-order valence-corrected chi connectivity index (χ3v) is 12.2. The quantitative estimate of drug-likeness (QED) is 0.0116. The number of nitrogen functional groups attached to an aromatic ring is 1. The van der Waals surface area contributed by atoms with Gasteiger partial charge in [0, 0.05) is 96.8 Å². The van der Waals surface area contributed by atoms with Gasteiger partial charge < -0.3 is 25.6 Å². The molecule has 1 amide bonds. The fraction of sp³-hybridized carbons (Fsp3) is 0.348. The number of ether oxygens (including phenoxy) is 1. The molecule has 0 bridgehead atoms. The van der Waals surface area contributed by atoms with Crippen LogP contribution in [0.5, 0.6) is 0 Å². The second-order valence-electron chi connectivity index (χ2n) is 14.5. The molecule has 0 saturated heterocycles. The van der Waals surface area contributed by atoms with E-state index in [1.54, 1.807) is 42.9 Å². The minimum atomic E-state index is -0.317. The number of hydroxylamine groups is 1. The first-order valence-corrected chi connectivity index (χ1v) is 26.8. The molecule has 8 rings (SSSR count). The molecule has 5 N–H and O–H groups in total. The Kier molecular flexibility index (Phi) is 33.0. The van der Waals surface area contributed by atoms with E-state index < -0.39 is 0 Å². The monoisotopic (exact) mass is 1150 g/mol. The molecule has 0 fully saturated rings. The fourth-order valence-corrected chi connectivity index (χ4v) is 8.10. The van der Waals surface area contributed by atoms with E-state index in [2.05, 4.69) is 88.4 Å². The van der Waals surface area contributed by atoms with Gasteiger partial charge >= 0.3 is 5.97 Å². The molecule has 73 heavy (non-hydrogen) atoms. The number of nitrogens with zero attached hydrogens (tertiary/aromatic N) is 14. The average molecular weight is 1160 g/mol. The first-order chi connectivity index (χ1) is 35.4. The molecule has 8 aromatic heterocycles. The number of esters is 1. The Morgan fingerprint density at radius 2 is 1.08 bits per heavy atom. The lowest BCUT2D eigenvalue weighted by molar-refractivity contribution is -0.143. The molecule has 0 aliphatic carbocycles. The van der Waals surface area contributed by atoms with Gasteiger partial charge in [-0.25, -0.2) is 45.4 Å². The number of nitrogens with two attached hydrogens (primary N) is 1. The molecular weight excluding hydrogens is 1090 g/mol. The van der Waals surface area contributed by atoms with Crippen molar-refractivity contribution in [1.29, 1.82) is 0 Å². The number of hydrogen-bond donors (Lipinski definition) is 4. The maximum Gasteiger partial charge on any atom is 0.305 e. The summed E-state index contributed by atoms with van der Waals surface area (Å²) in [6, 6.07) is 23.0. The van der Waals surface area contributed by atoms with Crippen LogP contribution in [0, 0.1) is 0 Å². The molecule has 390 valence electrons. The average Bonchev–Trinajstić information content (AvgIpc) is 4.29. The van der Waals surface area contributed by atoms with E-state index in [-0.39, 0.29) is 21.8 Å². The van der Waals surface area contributed by atoms with E-state index in [1.807, 2.05) is 79.7 Å². The SMILES string of the molecule is Brc1ccccn1.CCOC(=O)CCCCCCCN(c1ccccn1)c1ncns1.Nc1ncns1.O=C(CCCCCCCN(c1ccccn1)c1ncns1)NO.P.c1ccc(Nc2ncns2)nc1.